The number of hydrogen-bond donors (Lipinski definition) is 2. The number of fused-ring (bicyclic) bond motifs is 1. The number of thiocarbonyl (C=S) groups is 1. The maximum absolute atomic E-state index is 10.3. The number of nitriles is 1. The number of morpholine rings is 1. The van der Waals surface area contributed by atoms with Crippen molar-refractivity contribution < 1.29 is 9.84 Å². The second-order valence-corrected chi connectivity index (χ2v) is 6.80. The first kappa shape index (κ1) is 16.8. The molecule has 0 saturated carbocycles. The fourth-order valence-corrected chi connectivity index (χ4v) is 3.49. The van der Waals surface area contributed by atoms with Crippen molar-refractivity contribution in [2.45, 2.75) is 0 Å². The summed E-state index contributed by atoms with van der Waals surface area (Å²) in [5, 5.41) is 19.7. The number of imidazole rings is 1. The molecule has 2 N–H and O–H groups in total. The Morgan fingerprint density at radius 1 is 1.42 bits per heavy atom. The zero-order valence-electron chi connectivity index (χ0n) is 12.9. The first-order chi connectivity index (χ1) is 11.7. The van der Waals surface area contributed by atoms with E-state index in [0.717, 1.165) is 24.1 Å². The van der Waals surface area contributed by atoms with Crippen LogP contribution < -0.4 is 0 Å². The molecule has 1 fully saturated rings. The Morgan fingerprint density at radius 2 is 2.17 bits per heavy atom. The molecule has 0 atom stereocenters. The normalized spacial score (nSPS) is 15.9. The lowest BCUT2D eigenvalue weighted by atomic mass is 10.2. The van der Waals surface area contributed by atoms with Gasteiger partial charge < -0.3 is 19.7 Å². The topological polar surface area (TPSA) is 85.2 Å². The number of aromatic nitrogens is 2. The van der Waals surface area contributed by atoms with Gasteiger partial charge in [-0.3, -0.25) is 0 Å². The summed E-state index contributed by atoms with van der Waals surface area (Å²) in [4.78, 5) is 9.46. The SMILES string of the molecule is N#C/C(=C(\O)CSC(=S)N1CCOCC1)c1nc2ccccc2[nH]1. The van der Waals surface area contributed by atoms with Crippen molar-refractivity contribution in [3.63, 3.8) is 0 Å². The molecule has 0 unspecified atom stereocenters. The van der Waals surface area contributed by atoms with E-state index >= 15 is 0 Å². The Kier molecular flexibility index (Phi) is 5.35. The molecule has 1 aromatic carbocycles. The van der Waals surface area contributed by atoms with Gasteiger partial charge in [0.25, 0.3) is 0 Å². The maximum atomic E-state index is 10.3. The van der Waals surface area contributed by atoms with Gasteiger partial charge in [-0.1, -0.05) is 36.1 Å². The van der Waals surface area contributed by atoms with Gasteiger partial charge in [-0.05, 0) is 12.1 Å². The second-order valence-electron chi connectivity index (χ2n) is 5.19. The Bertz CT molecular complexity index is 786. The van der Waals surface area contributed by atoms with E-state index < -0.39 is 0 Å². The summed E-state index contributed by atoms with van der Waals surface area (Å²) < 4.78 is 5.99. The molecule has 0 spiro atoms. The summed E-state index contributed by atoms with van der Waals surface area (Å²) in [7, 11) is 0. The number of aromatic amines is 1. The third-order valence-corrected chi connectivity index (χ3v) is 5.16. The highest BCUT2D eigenvalue weighted by atomic mass is 32.2. The van der Waals surface area contributed by atoms with Crippen molar-refractivity contribution in [2.75, 3.05) is 32.1 Å². The standard InChI is InChI=1S/C16H16N4O2S2/c17-9-11(15-18-12-3-1-2-4-13(12)19-15)14(21)10-24-16(23)20-5-7-22-8-6-20/h1-4,21H,5-8,10H2,(H,18,19)/b14-11+. The van der Waals surface area contributed by atoms with Crippen molar-refractivity contribution >= 4 is 44.9 Å². The lowest BCUT2D eigenvalue weighted by Gasteiger charge is -2.28. The van der Waals surface area contributed by atoms with E-state index in [9.17, 15) is 10.4 Å². The van der Waals surface area contributed by atoms with Gasteiger partial charge in [0.05, 0.1) is 30.0 Å². The molecule has 24 heavy (non-hydrogen) atoms. The number of aliphatic hydroxyl groups excluding tert-OH is 1. The third-order valence-electron chi connectivity index (χ3n) is 3.63. The molecule has 0 bridgehead atoms. The Labute approximate surface area is 149 Å². The molecule has 0 amide bonds. The van der Waals surface area contributed by atoms with Crippen LogP contribution in [0.25, 0.3) is 16.6 Å². The third kappa shape index (κ3) is 3.70. The zero-order chi connectivity index (χ0) is 16.9. The quantitative estimate of drug-likeness (QED) is 0.494. The van der Waals surface area contributed by atoms with Gasteiger partial charge in [0, 0.05) is 13.1 Å². The van der Waals surface area contributed by atoms with Gasteiger partial charge in [0.1, 0.15) is 21.7 Å². The number of aliphatic hydroxyl groups is 1. The average Bonchev–Trinajstić information content (AvgIpc) is 3.04. The number of H-pyrrole nitrogens is 1. The number of hydrogen-bond acceptors (Lipinski definition) is 6. The van der Waals surface area contributed by atoms with E-state index in [2.05, 4.69) is 9.97 Å². The van der Waals surface area contributed by atoms with Crippen LogP contribution in [-0.2, 0) is 4.74 Å². The molecular weight excluding hydrogens is 344 g/mol. The van der Waals surface area contributed by atoms with Crippen LogP contribution >= 0.6 is 24.0 Å². The number of rotatable bonds is 3. The summed E-state index contributed by atoms with van der Waals surface area (Å²) in [6.45, 7) is 2.83. The minimum Gasteiger partial charge on any atom is -0.510 e. The largest absolute Gasteiger partial charge is 0.510 e. The maximum Gasteiger partial charge on any atom is 0.152 e. The number of nitrogens with zero attached hydrogens (tertiary/aromatic N) is 3. The van der Waals surface area contributed by atoms with Crippen LogP contribution in [-0.4, -0.2) is 56.4 Å². The van der Waals surface area contributed by atoms with Gasteiger partial charge >= 0.3 is 0 Å². The molecule has 1 aliphatic heterocycles. The van der Waals surface area contributed by atoms with E-state index in [0.29, 0.717) is 23.4 Å². The Balaban J connectivity index is 1.73. The number of thioether (sulfide) groups is 1. The van der Waals surface area contributed by atoms with Gasteiger partial charge in [-0.15, -0.1) is 0 Å². The summed E-state index contributed by atoms with van der Waals surface area (Å²) in [6.07, 6.45) is 0. The zero-order valence-corrected chi connectivity index (χ0v) is 14.5. The molecule has 2 aromatic rings. The molecule has 1 saturated heterocycles. The predicted molar refractivity (Wildman–Crippen MR) is 98.7 cm³/mol. The minimum atomic E-state index is -0.0304. The molecule has 3 rings (SSSR count). The predicted octanol–water partition coefficient (Wildman–Crippen LogP) is 2.71. The highest BCUT2D eigenvalue weighted by Gasteiger charge is 2.17. The smallest absolute Gasteiger partial charge is 0.152 e. The minimum absolute atomic E-state index is 0.0304. The summed E-state index contributed by atoms with van der Waals surface area (Å²) >= 11 is 6.72. The van der Waals surface area contributed by atoms with Gasteiger partial charge in [0.2, 0.25) is 0 Å². The number of ether oxygens (including phenoxy) is 1. The summed E-state index contributed by atoms with van der Waals surface area (Å²) in [5.41, 5.74) is 1.72. The molecule has 124 valence electrons. The second kappa shape index (κ2) is 7.66. The van der Waals surface area contributed by atoms with E-state index in [1.54, 1.807) is 0 Å². The van der Waals surface area contributed by atoms with E-state index in [1.807, 2.05) is 35.2 Å². The van der Waals surface area contributed by atoms with Crippen LogP contribution in [0.4, 0.5) is 0 Å². The fourth-order valence-electron chi connectivity index (χ4n) is 2.36. The summed E-state index contributed by atoms with van der Waals surface area (Å²) in [6, 6.07) is 9.51. The molecule has 1 aromatic heterocycles. The lowest BCUT2D eigenvalue weighted by Crippen LogP contribution is -2.38. The van der Waals surface area contributed by atoms with Crippen LogP contribution in [0.5, 0.6) is 0 Å². The van der Waals surface area contributed by atoms with E-state index in [-0.39, 0.29) is 17.1 Å². The fraction of sp³-hybridized carbons (Fsp3) is 0.312. The number of benzene rings is 1. The molecular formula is C16H16N4O2S2. The van der Waals surface area contributed by atoms with Crippen molar-refractivity contribution in [2.24, 2.45) is 0 Å². The number of para-hydroxylation sites is 2. The van der Waals surface area contributed by atoms with E-state index in [4.69, 9.17) is 17.0 Å². The Hall–Kier alpha value is -2.08. The first-order valence-corrected chi connectivity index (χ1v) is 8.85. The average molecular weight is 360 g/mol. The van der Waals surface area contributed by atoms with Crippen LogP contribution in [0.2, 0.25) is 0 Å². The molecule has 0 radical (unpaired) electrons. The molecule has 0 aliphatic carbocycles. The highest BCUT2D eigenvalue weighted by molar-refractivity contribution is 8.23. The molecule has 1 aliphatic rings. The first-order valence-electron chi connectivity index (χ1n) is 7.46. The van der Waals surface area contributed by atoms with Gasteiger partial charge in [0.15, 0.2) is 5.82 Å². The number of nitrogens with one attached hydrogen (secondary N) is 1. The van der Waals surface area contributed by atoms with Gasteiger partial charge in [-0.25, -0.2) is 4.98 Å². The van der Waals surface area contributed by atoms with Crippen molar-refractivity contribution in [3.8, 4) is 6.07 Å². The van der Waals surface area contributed by atoms with Gasteiger partial charge in [-0.2, -0.15) is 5.26 Å². The monoisotopic (exact) mass is 360 g/mol. The van der Waals surface area contributed by atoms with Crippen molar-refractivity contribution in [1.29, 1.82) is 5.26 Å². The van der Waals surface area contributed by atoms with E-state index in [1.165, 1.54) is 11.8 Å². The van der Waals surface area contributed by atoms with Crippen molar-refractivity contribution in [3.05, 3.63) is 35.8 Å². The number of allylic oxidation sites excluding steroid dienone is 1. The molecule has 8 heteroatoms. The highest BCUT2D eigenvalue weighted by Crippen LogP contribution is 2.22. The van der Waals surface area contributed by atoms with Crippen LogP contribution in [0, 0.1) is 11.3 Å². The summed E-state index contributed by atoms with van der Waals surface area (Å²) in [5.74, 6) is 0.571. The van der Waals surface area contributed by atoms with Crippen LogP contribution in [0.1, 0.15) is 5.82 Å². The van der Waals surface area contributed by atoms with Crippen LogP contribution in [0.3, 0.4) is 0 Å². The Morgan fingerprint density at radius 3 is 2.88 bits per heavy atom. The molecule has 2 heterocycles. The lowest BCUT2D eigenvalue weighted by molar-refractivity contribution is 0.0702. The molecule has 6 nitrogen and oxygen atoms in total. The van der Waals surface area contributed by atoms with Crippen molar-refractivity contribution in [1.82, 2.24) is 14.9 Å². The van der Waals surface area contributed by atoms with Crippen LogP contribution in [0.15, 0.2) is 30.0 Å².